The summed E-state index contributed by atoms with van der Waals surface area (Å²) in [5.41, 5.74) is 1.32. The lowest BCUT2D eigenvalue weighted by Gasteiger charge is -2.07. The fraction of sp³-hybridized carbons (Fsp3) is 0.429. The first-order valence-corrected chi connectivity index (χ1v) is 6.65. The van der Waals surface area contributed by atoms with Crippen LogP contribution in [-0.2, 0) is 6.42 Å². The summed E-state index contributed by atoms with van der Waals surface area (Å²) >= 11 is 1.92. The van der Waals surface area contributed by atoms with Crippen molar-refractivity contribution in [1.29, 1.82) is 0 Å². The molecule has 1 nitrogen and oxygen atoms in total. The molecule has 0 spiro atoms. The molecule has 0 saturated carbocycles. The molecule has 0 aromatic carbocycles. The summed E-state index contributed by atoms with van der Waals surface area (Å²) in [5, 5.41) is 0. The van der Waals surface area contributed by atoms with Crippen molar-refractivity contribution in [1.82, 2.24) is 0 Å². The number of rotatable bonds is 5. The van der Waals surface area contributed by atoms with Crippen molar-refractivity contribution < 1.29 is 4.42 Å². The van der Waals surface area contributed by atoms with Gasteiger partial charge in [0.1, 0.15) is 0 Å². The maximum absolute atomic E-state index is 5.11. The van der Waals surface area contributed by atoms with Gasteiger partial charge in [-0.15, -0.1) is 11.3 Å². The maximum Gasteiger partial charge on any atom is 0.0937 e. The lowest BCUT2D eigenvalue weighted by Crippen LogP contribution is -1.92. The van der Waals surface area contributed by atoms with E-state index in [2.05, 4.69) is 32.0 Å². The molecule has 0 bridgehead atoms. The average molecular weight is 234 g/mol. The topological polar surface area (TPSA) is 13.1 Å². The summed E-state index contributed by atoms with van der Waals surface area (Å²) in [6, 6.07) is 6.53. The number of furan rings is 1. The van der Waals surface area contributed by atoms with Gasteiger partial charge in [0.15, 0.2) is 0 Å². The molecular weight excluding hydrogens is 216 g/mol. The van der Waals surface area contributed by atoms with Crippen molar-refractivity contribution >= 4 is 11.3 Å². The molecule has 1 unspecified atom stereocenters. The standard InChI is InChI=1S/C14H18OS/c1-11(13-8-9-15-10-13)4-3-5-14-7-6-12(2)16-14/h6-11H,3-5H2,1-2H3. The first kappa shape index (κ1) is 11.5. The Balaban J connectivity index is 1.76. The highest BCUT2D eigenvalue weighted by molar-refractivity contribution is 7.11. The van der Waals surface area contributed by atoms with E-state index in [0.717, 1.165) is 0 Å². The van der Waals surface area contributed by atoms with Crippen molar-refractivity contribution in [2.45, 2.75) is 39.0 Å². The van der Waals surface area contributed by atoms with Crippen molar-refractivity contribution in [3.05, 3.63) is 46.0 Å². The molecule has 2 rings (SSSR count). The molecule has 2 aromatic rings. The molecule has 0 aliphatic heterocycles. The van der Waals surface area contributed by atoms with Gasteiger partial charge < -0.3 is 4.42 Å². The Labute approximate surface area is 101 Å². The molecular formula is C14H18OS. The van der Waals surface area contributed by atoms with Crippen molar-refractivity contribution in [3.63, 3.8) is 0 Å². The van der Waals surface area contributed by atoms with Crippen LogP contribution in [0.15, 0.2) is 35.1 Å². The van der Waals surface area contributed by atoms with Gasteiger partial charge in [-0.1, -0.05) is 6.92 Å². The molecule has 0 fully saturated rings. The summed E-state index contributed by atoms with van der Waals surface area (Å²) in [5.74, 6) is 0.611. The van der Waals surface area contributed by atoms with E-state index in [4.69, 9.17) is 4.42 Å². The molecule has 86 valence electrons. The predicted octanol–water partition coefficient (Wildman–Crippen LogP) is 4.78. The molecule has 0 radical (unpaired) electrons. The SMILES string of the molecule is Cc1ccc(CCCC(C)c2ccoc2)s1. The summed E-state index contributed by atoms with van der Waals surface area (Å²) < 4.78 is 5.11. The van der Waals surface area contributed by atoms with Crippen LogP contribution in [0.25, 0.3) is 0 Å². The number of thiophene rings is 1. The van der Waals surface area contributed by atoms with Crippen LogP contribution in [-0.4, -0.2) is 0 Å². The molecule has 0 N–H and O–H groups in total. The lowest BCUT2D eigenvalue weighted by molar-refractivity contribution is 0.554. The van der Waals surface area contributed by atoms with Gasteiger partial charge in [0.2, 0.25) is 0 Å². The minimum absolute atomic E-state index is 0.611. The molecule has 0 amide bonds. The molecule has 2 heterocycles. The summed E-state index contributed by atoms with van der Waals surface area (Å²) in [6.07, 6.45) is 7.32. The van der Waals surface area contributed by atoms with Crippen LogP contribution in [0.5, 0.6) is 0 Å². The molecule has 2 heteroatoms. The van der Waals surface area contributed by atoms with Crippen molar-refractivity contribution in [3.8, 4) is 0 Å². The number of aryl methyl sites for hydroxylation is 2. The van der Waals surface area contributed by atoms with Gasteiger partial charge in [-0.3, -0.25) is 0 Å². The van der Waals surface area contributed by atoms with E-state index in [1.165, 1.54) is 34.6 Å². The molecule has 0 aliphatic carbocycles. The Kier molecular flexibility index (Phi) is 3.83. The van der Waals surface area contributed by atoms with E-state index >= 15 is 0 Å². The van der Waals surface area contributed by atoms with E-state index in [0.29, 0.717) is 5.92 Å². The van der Waals surface area contributed by atoms with Gasteiger partial charge in [0, 0.05) is 9.75 Å². The van der Waals surface area contributed by atoms with Gasteiger partial charge in [-0.05, 0) is 55.9 Å². The molecule has 2 aromatic heterocycles. The van der Waals surface area contributed by atoms with Crippen LogP contribution in [0.3, 0.4) is 0 Å². The van der Waals surface area contributed by atoms with Gasteiger partial charge in [-0.2, -0.15) is 0 Å². The number of hydrogen-bond donors (Lipinski definition) is 0. The van der Waals surface area contributed by atoms with Gasteiger partial charge >= 0.3 is 0 Å². The van der Waals surface area contributed by atoms with E-state index in [1.54, 1.807) is 6.26 Å². The van der Waals surface area contributed by atoms with Crippen LogP contribution in [0.2, 0.25) is 0 Å². The second-order valence-electron chi connectivity index (χ2n) is 4.36. The Morgan fingerprint density at radius 2 is 2.19 bits per heavy atom. The second-order valence-corrected chi connectivity index (χ2v) is 5.73. The van der Waals surface area contributed by atoms with Crippen LogP contribution >= 0.6 is 11.3 Å². The van der Waals surface area contributed by atoms with Crippen LogP contribution in [0, 0.1) is 6.92 Å². The molecule has 0 aliphatic rings. The minimum atomic E-state index is 0.611. The zero-order chi connectivity index (χ0) is 11.4. The molecule has 1 atom stereocenters. The van der Waals surface area contributed by atoms with Crippen molar-refractivity contribution in [2.24, 2.45) is 0 Å². The Bertz CT molecular complexity index is 414. The normalized spacial score (nSPS) is 12.9. The van der Waals surface area contributed by atoms with Gasteiger partial charge in [0.05, 0.1) is 12.5 Å². The van der Waals surface area contributed by atoms with Gasteiger partial charge in [-0.25, -0.2) is 0 Å². The first-order chi connectivity index (χ1) is 7.75. The second kappa shape index (κ2) is 5.35. The molecule has 0 saturated heterocycles. The Morgan fingerprint density at radius 1 is 1.31 bits per heavy atom. The summed E-state index contributed by atoms with van der Waals surface area (Å²) in [7, 11) is 0. The smallest absolute Gasteiger partial charge is 0.0937 e. The third kappa shape index (κ3) is 2.99. The highest BCUT2D eigenvalue weighted by atomic mass is 32.1. The largest absolute Gasteiger partial charge is 0.472 e. The fourth-order valence-electron chi connectivity index (χ4n) is 1.92. The quantitative estimate of drug-likeness (QED) is 0.726. The fourth-order valence-corrected chi connectivity index (χ4v) is 2.86. The highest BCUT2D eigenvalue weighted by Gasteiger charge is 2.06. The zero-order valence-corrected chi connectivity index (χ0v) is 10.7. The van der Waals surface area contributed by atoms with Gasteiger partial charge in [0.25, 0.3) is 0 Å². The highest BCUT2D eigenvalue weighted by Crippen LogP contribution is 2.23. The van der Waals surface area contributed by atoms with Crippen molar-refractivity contribution in [2.75, 3.05) is 0 Å². The summed E-state index contributed by atoms with van der Waals surface area (Å²) in [4.78, 5) is 2.93. The zero-order valence-electron chi connectivity index (χ0n) is 9.90. The van der Waals surface area contributed by atoms with E-state index in [1.807, 2.05) is 17.6 Å². The maximum atomic E-state index is 5.11. The van der Waals surface area contributed by atoms with E-state index in [-0.39, 0.29) is 0 Å². The summed E-state index contributed by atoms with van der Waals surface area (Å²) in [6.45, 7) is 4.44. The third-order valence-corrected chi connectivity index (χ3v) is 4.03. The van der Waals surface area contributed by atoms with Crippen LogP contribution in [0.1, 0.15) is 41.0 Å². The van der Waals surface area contributed by atoms with E-state index < -0.39 is 0 Å². The third-order valence-electron chi connectivity index (χ3n) is 2.97. The Hall–Kier alpha value is -1.02. The number of hydrogen-bond acceptors (Lipinski definition) is 2. The monoisotopic (exact) mass is 234 g/mol. The first-order valence-electron chi connectivity index (χ1n) is 5.83. The van der Waals surface area contributed by atoms with Crippen LogP contribution < -0.4 is 0 Å². The molecule has 16 heavy (non-hydrogen) atoms. The average Bonchev–Trinajstić information content (AvgIpc) is 2.89. The lowest BCUT2D eigenvalue weighted by atomic mass is 9.98. The Morgan fingerprint density at radius 3 is 2.81 bits per heavy atom. The van der Waals surface area contributed by atoms with E-state index in [9.17, 15) is 0 Å². The van der Waals surface area contributed by atoms with Crippen LogP contribution in [0.4, 0.5) is 0 Å². The predicted molar refractivity (Wildman–Crippen MR) is 69.1 cm³/mol. The minimum Gasteiger partial charge on any atom is -0.472 e.